The van der Waals surface area contributed by atoms with Crippen LogP contribution in [0.2, 0.25) is 0 Å². The molecule has 0 aromatic heterocycles. The van der Waals surface area contributed by atoms with Gasteiger partial charge in [0.1, 0.15) is 5.82 Å². The molecule has 1 atom stereocenters. The second kappa shape index (κ2) is 6.13. The van der Waals surface area contributed by atoms with Gasteiger partial charge in [0, 0.05) is 36.9 Å². The number of hydrogen-bond acceptors (Lipinski definition) is 3. The van der Waals surface area contributed by atoms with Crippen molar-refractivity contribution in [2.45, 2.75) is 38.3 Å². The maximum atomic E-state index is 14.7. The lowest BCUT2D eigenvalue weighted by molar-refractivity contribution is 0.0985. The molecule has 0 amide bonds. The topological polar surface area (TPSA) is 32.7 Å². The van der Waals surface area contributed by atoms with E-state index in [1.165, 1.54) is 12.5 Å². The van der Waals surface area contributed by atoms with E-state index in [0.29, 0.717) is 17.5 Å². The Bertz CT molecular complexity index is 618. The lowest BCUT2D eigenvalue weighted by atomic mass is 9.93. The van der Waals surface area contributed by atoms with Crippen LogP contribution in [0.3, 0.4) is 0 Å². The van der Waals surface area contributed by atoms with Crippen LogP contribution < -0.4 is 0 Å². The van der Waals surface area contributed by atoms with E-state index in [4.69, 9.17) is 0 Å². The minimum absolute atomic E-state index is 0.0389. The summed E-state index contributed by atoms with van der Waals surface area (Å²) in [6, 6.07) is 4.80. The summed E-state index contributed by atoms with van der Waals surface area (Å²) in [6.07, 6.45) is 9.38. The van der Waals surface area contributed by atoms with Crippen LogP contribution in [0.4, 0.5) is 4.39 Å². The van der Waals surface area contributed by atoms with Gasteiger partial charge in [0.05, 0.1) is 0 Å². The van der Waals surface area contributed by atoms with Gasteiger partial charge in [0.25, 0.3) is 0 Å². The molecule has 3 rings (SSSR count). The minimum atomic E-state index is -0.738. The third kappa shape index (κ3) is 2.52. The molecule has 2 aliphatic heterocycles. The Hall–Kier alpha value is -1.81. The molecule has 0 bridgehead atoms. The average molecular weight is 300 g/mol. The molecule has 0 aliphatic carbocycles. The lowest BCUT2D eigenvalue weighted by Crippen LogP contribution is -2.46. The molecule has 0 saturated carbocycles. The predicted molar refractivity (Wildman–Crippen MR) is 85.8 cm³/mol. The number of Topliss-reactive ketones (excluding diaryl/α,β-unsaturated/α-hetero) is 1. The molecule has 1 fully saturated rings. The number of benzene rings is 1. The zero-order valence-electron chi connectivity index (χ0n) is 12.9. The highest BCUT2D eigenvalue weighted by Gasteiger charge is 2.39. The van der Waals surface area contributed by atoms with Crippen molar-refractivity contribution in [3.05, 3.63) is 47.3 Å². The van der Waals surface area contributed by atoms with Crippen LogP contribution >= 0.6 is 0 Å². The second-order valence-electron chi connectivity index (χ2n) is 5.88. The van der Waals surface area contributed by atoms with Gasteiger partial charge >= 0.3 is 0 Å². The zero-order valence-corrected chi connectivity index (χ0v) is 12.9. The van der Waals surface area contributed by atoms with E-state index in [1.54, 1.807) is 25.3 Å². The van der Waals surface area contributed by atoms with Gasteiger partial charge < -0.3 is 0 Å². The third-order valence-electron chi connectivity index (χ3n) is 4.53. The van der Waals surface area contributed by atoms with E-state index in [2.05, 4.69) is 9.89 Å². The maximum absolute atomic E-state index is 14.7. The number of aliphatic imine (C=N–C) groups is 1. The number of rotatable bonds is 4. The van der Waals surface area contributed by atoms with Crippen LogP contribution in [0.1, 0.15) is 48.5 Å². The first-order valence-corrected chi connectivity index (χ1v) is 7.99. The zero-order chi connectivity index (χ0) is 15.6. The first kappa shape index (κ1) is 15.1. The van der Waals surface area contributed by atoms with Gasteiger partial charge in [-0.15, -0.1) is 0 Å². The fourth-order valence-electron chi connectivity index (χ4n) is 3.32. The monoisotopic (exact) mass is 300 g/mol. The molecule has 0 N–H and O–H groups in total. The fraction of sp³-hybridized carbons (Fsp3) is 0.444. The Morgan fingerprint density at radius 3 is 2.68 bits per heavy atom. The lowest BCUT2D eigenvalue weighted by Gasteiger charge is -2.40. The molecule has 1 aromatic rings. The van der Waals surface area contributed by atoms with Crippen LogP contribution in [0, 0.1) is 5.82 Å². The van der Waals surface area contributed by atoms with Gasteiger partial charge in [0.2, 0.25) is 0 Å². The van der Waals surface area contributed by atoms with Crippen LogP contribution in [-0.4, -0.2) is 30.0 Å². The summed E-state index contributed by atoms with van der Waals surface area (Å²) in [5.74, 6) is -0.392. The Morgan fingerprint density at radius 2 is 2.09 bits per heavy atom. The van der Waals surface area contributed by atoms with E-state index < -0.39 is 5.66 Å². The fourth-order valence-corrected chi connectivity index (χ4v) is 3.32. The number of carbonyl (C=O) groups excluding carboxylic acids is 1. The minimum Gasteiger partial charge on any atom is -0.294 e. The maximum Gasteiger partial charge on any atom is 0.162 e. The average Bonchev–Trinajstić information content (AvgIpc) is 3.05. The van der Waals surface area contributed by atoms with Gasteiger partial charge in [0.15, 0.2) is 11.4 Å². The van der Waals surface area contributed by atoms with Crippen LogP contribution in [0.15, 0.2) is 35.3 Å². The normalized spacial score (nSPS) is 24.8. The molecule has 2 heterocycles. The second-order valence-corrected chi connectivity index (χ2v) is 5.88. The molecule has 4 heteroatoms. The van der Waals surface area contributed by atoms with E-state index in [0.717, 1.165) is 25.9 Å². The van der Waals surface area contributed by atoms with Gasteiger partial charge in [-0.2, -0.15) is 0 Å². The molecule has 2 aliphatic rings. The number of allylic oxidation sites excluding steroid dienone is 1. The molecule has 3 nitrogen and oxygen atoms in total. The largest absolute Gasteiger partial charge is 0.294 e. The summed E-state index contributed by atoms with van der Waals surface area (Å²) in [7, 11) is 0. The standard InChI is InChI=1S/C18H21FN2O/c1-2-17(22)14-7-8-15(16(19)13-14)18(9-6-10-20-18)21-11-4-3-5-12-21/h6-10,13H,2-5,11-12H2,1H3. The molecule has 0 spiro atoms. The van der Waals surface area contributed by atoms with E-state index in [9.17, 15) is 9.18 Å². The van der Waals surface area contributed by atoms with Crippen molar-refractivity contribution in [1.29, 1.82) is 0 Å². The van der Waals surface area contributed by atoms with Gasteiger partial charge in [-0.25, -0.2) is 4.39 Å². The first-order chi connectivity index (χ1) is 10.7. The van der Waals surface area contributed by atoms with Gasteiger partial charge in [-0.1, -0.05) is 25.5 Å². The van der Waals surface area contributed by atoms with Crippen molar-refractivity contribution >= 4 is 12.0 Å². The van der Waals surface area contributed by atoms with Crippen LogP contribution in [-0.2, 0) is 5.66 Å². The van der Waals surface area contributed by atoms with E-state index in [-0.39, 0.29) is 11.6 Å². The van der Waals surface area contributed by atoms with Crippen molar-refractivity contribution < 1.29 is 9.18 Å². The van der Waals surface area contributed by atoms with Crippen molar-refractivity contribution in [3.8, 4) is 0 Å². The summed E-state index contributed by atoms with van der Waals surface area (Å²) in [4.78, 5) is 18.6. The summed E-state index contributed by atoms with van der Waals surface area (Å²) >= 11 is 0. The molecule has 0 radical (unpaired) electrons. The van der Waals surface area contributed by atoms with Crippen molar-refractivity contribution in [3.63, 3.8) is 0 Å². The van der Waals surface area contributed by atoms with Crippen LogP contribution in [0.25, 0.3) is 0 Å². The number of nitrogens with zero attached hydrogens (tertiary/aromatic N) is 2. The van der Waals surface area contributed by atoms with E-state index >= 15 is 0 Å². The number of halogens is 1. The number of piperidine rings is 1. The molecule has 116 valence electrons. The highest BCUT2D eigenvalue weighted by Crippen LogP contribution is 2.37. The Kier molecular flexibility index (Phi) is 4.21. The summed E-state index contributed by atoms with van der Waals surface area (Å²) in [5.41, 5.74) is 0.230. The van der Waals surface area contributed by atoms with E-state index in [1.807, 2.05) is 12.2 Å². The molecule has 1 aromatic carbocycles. The quantitative estimate of drug-likeness (QED) is 0.794. The molecule has 1 unspecified atom stereocenters. The number of hydrogen-bond donors (Lipinski definition) is 0. The highest BCUT2D eigenvalue weighted by molar-refractivity contribution is 5.95. The predicted octanol–water partition coefficient (Wildman–Crippen LogP) is 3.70. The summed E-state index contributed by atoms with van der Waals surface area (Å²) in [5, 5.41) is 0. The SMILES string of the molecule is CCC(=O)c1ccc(C2(N3CCCCC3)C=CC=N2)c(F)c1. The molecular formula is C18H21FN2O. The first-order valence-electron chi connectivity index (χ1n) is 7.99. The van der Waals surface area contributed by atoms with Gasteiger partial charge in [-0.3, -0.25) is 14.7 Å². The van der Waals surface area contributed by atoms with Crippen LogP contribution in [0.5, 0.6) is 0 Å². The third-order valence-corrected chi connectivity index (χ3v) is 4.53. The van der Waals surface area contributed by atoms with Crippen molar-refractivity contribution in [2.75, 3.05) is 13.1 Å². The van der Waals surface area contributed by atoms with Crippen molar-refractivity contribution in [2.24, 2.45) is 4.99 Å². The van der Waals surface area contributed by atoms with Crippen molar-refractivity contribution in [1.82, 2.24) is 4.90 Å². The Labute approximate surface area is 130 Å². The molecule has 1 saturated heterocycles. The summed E-state index contributed by atoms with van der Waals surface area (Å²) in [6.45, 7) is 3.61. The molecule has 22 heavy (non-hydrogen) atoms. The smallest absolute Gasteiger partial charge is 0.162 e. The number of ketones is 1. The Balaban J connectivity index is 2.01. The highest BCUT2D eigenvalue weighted by atomic mass is 19.1. The number of likely N-dealkylation sites (tertiary alicyclic amines) is 1. The number of carbonyl (C=O) groups is 1. The Morgan fingerprint density at radius 1 is 1.32 bits per heavy atom. The van der Waals surface area contributed by atoms with Gasteiger partial charge in [-0.05, 0) is 31.1 Å². The molecular weight excluding hydrogens is 279 g/mol. The summed E-state index contributed by atoms with van der Waals surface area (Å²) < 4.78 is 14.7.